The van der Waals surface area contributed by atoms with Crippen LogP contribution < -0.4 is 0 Å². The van der Waals surface area contributed by atoms with Crippen molar-refractivity contribution >= 4 is 0 Å². The number of fused-ring (bicyclic) bond motifs is 1. The summed E-state index contributed by atoms with van der Waals surface area (Å²) in [4.78, 5) is 2.52. The van der Waals surface area contributed by atoms with Crippen LogP contribution in [0.1, 0.15) is 39.1 Å². The molecule has 0 aromatic carbocycles. The summed E-state index contributed by atoms with van der Waals surface area (Å²) < 4.78 is 2.43. The first kappa shape index (κ1) is 12.3. The van der Waals surface area contributed by atoms with Crippen LogP contribution in [0, 0.1) is 6.92 Å². The van der Waals surface area contributed by atoms with Crippen LogP contribution in [0.5, 0.6) is 0 Å². The van der Waals surface area contributed by atoms with Gasteiger partial charge < -0.3 is 4.57 Å². The van der Waals surface area contributed by atoms with E-state index in [1.54, 1.807) is 0 Å². The summed E-state index contributed by atoms with van der Waals surface area (Å²) in [7, 11) is 0. The Balaban J connectivity index is 0.000000531. The zero-order valence-corrected chi connectivity index (χ0v) is 10.7. The molecule has 0 saturated heterocycles. The molecule has 0 spiro atoms. The van der Waals surface area contributed by atoms with E-state index in [1.807, 2.05) is 13.8 Å². The van der Waals surface area contributed by atoms with Gasteiger partial charge in [-0.25, -0.2) is 0 Å². The highest BCUT2D eigenvalue weighted by Crippen LogP contribution is 2.17. The highest BCUT2D eigenvalue weighted by molar-refractivity contribution is 5.16. The van der Waals surface area contributed by atoms with Crippen molar-refractivity contribution in [2.75, 3.05) is 6.54 Å². The topological polar surface area (TPSA) is 8.17 Å². The molecule has 2 rings (SSSR count). The van der Waals surface area contributed by atoms with Crippen molar-refractivity contribution in [2.45, 2.75) is 53.8 Å². The number of rotatable bonds is 1. The van der Waals surface area contributed by atoms with Crippen molar-refractivity contribution < 1.29 is 0 Å². The number of aromatic nitrogens is 1. The monoisotopic (exact) mass is 208 g/mol. The largest absolute Gasteiger partial charge is 0.346 e. The van der Waals surface area contributed by atoms with Gasteiger partial charge in [0.2, 0.25) is 0 Å². The van der Waals surface area contributed by atoms with Crippen LogP contribution in [-0.4, -0.2) is 22.1 Å². The molecule has 0 saturated carbocycles. The summed E-state index contributed by atoms with van der Waals surface area (Å²) in [6.07, 6.45) is 0. The first-order chi connectivity index (χ1) is 7.18. The van der Waals surface area contributed by atoms with Crippen molar-refractivity contribution in [2.24, 2.45) is 0 Å². The Labute approximate surface area is 93.9 Å². The molecule has 0 unspecified atom stereocenters. The Morgan fingerprint density at radius 3 is 2.40 bits per heavy atom. The lowest BCUT2D eigenvalue weighted by Gasteiger charge is -2.32. The zero-order chi connectivity index (χ0) is 11.4. The molecule has 15 heavy (non-hydrogen) atoms. The first-order valence-electron chi connectivity index (χ1n) is 6.07. The minimum absolute atomic E-state index is 0.670. The van der Waals surface area contributed by atoms with Gasteiger partial charge in [-0.1, -0.05) is 13.8 Å². The molecule has 2 heterocycles. The molecule has 1 aliphatic heterocycles. The zero-order valence-electron chi connectivity index (χ0n) is 10.7. The van der Waals surface area contributed by atoms with Crippen LogP contribution >= 0.6 is 0 Å². The second-order valence-electron chi connectivity index (χ2n) is 4.18. The Hall–Kier alpha value is -0.760. The first-order valence-corrected chi connectivity index (χ1v) is 6.07. The lowest BCUT2D eigenvalue weighted by Crippen LogP contribution is -2.38. The highest BCUT2D eigenvalue weighted by Gasteiger charge is 2.18. The Kier molecular flexibility index (Phi) is 4.40. The molecule has 0 radical (unpaired) electrons. The Morgan fingerprint density at radius 2 is 1.80 bits per heavy atom. The van der Waals surface area contributed by atoms with Crippen molar-refractivity contribution in [3.63, 3.8) is 0 Å². The van der Waals surface area contributed by atoms with Gasteiger partial charge in [-0.3, -0.25) is 4.90 Å². The van der Waals surface area contributed by atoms with E-state index in [0.717, 1.165) is 13.1 Å². The minimum Gasteiger partial charge on any atom is -0.346 e. The summed E-state index contributed by atoms with van der Waals surface area (Å²) in [6, 6.07) is 5.15. The fraction of sp³-hybridized carbons (Fsp3) is 0.692. The molecule has 0 amide bonds. The molecule has 0 atom stereocenters. The standard InChI is InChI=1S/C11H18N2.C2H6/c1-9(2)12-6-7-13-10(3)4-5-11(13)8-12;1-2/h4-5,9H,6-8H2,1-3H3;1-2H3. The van der Waals surface area contributed by atoms with Crippen molar-refractivity contribution in [1.29, 1.82) is 0 Å². The number of aryl methyl sites for hydroxylation is 1. The van der Waals surface area contributed by atoms with E-state index >= 15 is 0 Å². The average Bonchev–Trinajstić information content (AvgIpc) is 2.63. The van der Waals surface area contributed by atoms with E-state index in [1.165, 1.54) is 17.9 Å². The van der Waals surface area contributed by atoms with E-state index in [-0.39, 0.29) is 0 Å². The van der Waals surface area contributed by atoms with E-state index in [9.17, 15) is 0 Å². The highest BCUT2D eigenvalue weighted by atomic mass is 15.2. The second kappa shape index (κ2) is 5.36. The van der Waals surface area contributed by atoms with E-state index in [4.69, 9.17) is 0 Å². The Bertz CT molecular complexity index is 299. The van der Waals surface area contributed by atoms with Gasteiger partial charge in [0.05, 0.1) is 0 Å². The van der Waals surface area contributed by atoms with Gasteiger partial charge in [-0.15, -0.1) is 0 Å². The van der Waals surface area contributed by atoms with E-state index < -0.39 is 0 Å². The van der Waals surface area contributed by atoms with Crippen LogP contribution in [0.2, 0.25) is 0 Å². The summed E-state index contributed by atoms with van der Waals surface area (Å²) in [5.74, 6) is 0. The molecule has 1 aliphatic rings. The molecule has 1 aromatic heterocycles. The second-order valence-corrected chi connectivity index (χ2v) is 4.18. The molecule has 1 aromatic rings. The van der Waals surface area contributed by atoms with Gasteiger partial charge >= 0.3 is 0 Å². The maximum atomic E-state index is 2.52. The smallest absolute Gasteiger partial charge is 0.0390 e. The molecule has 0 bridgehead atoms. The van der Waals surface area contributed by atoms with Crippen molar-refractivity contribution in [3.05, 3.63) is 23.5 Å². The SMILES string of the molecule is CC.Cc1ccc2n1CCN(C(C)C)C2. The fourth-order valence-electron chi connectivity index (χ4n) is 2.04. The molecule has 0 aliphatic carbocycles. The number of hydrogen-bond donors (Lipinski definition) is 0. The summed E-state index contributed by atoms with van der Waals surface area (Å²) in [5, 5.41) is 0. The molecular weight excluding hydrogens is 184 g/mol. The van der Waals surface area contributed by atoms with Crippen LogP contribution in [0.15, 0.2) is 12.1 Å². The van der Waals surface area contributed by atoms with Gasteiger partial charge in [0, 0.05) is 37.1 Å². The lowest BCUT2D eigenvalue weighted by molar-refractivity contribution is 0.176. The van der Waals surface area contributed by atoms with Gasteiger partial charge in [0.1, 0.15) is 0 Å². The third-order valence-electron chi connectivity index (χ3n) is 3.00. The van der Waals surface area contributed by atoms with Gasteiger partial charge in [-0.2, -0.15) is 0 Å². The molecule has 2 nitrogen and oxygen atoms in total. The average molecular weight is 208 g/mol. The number of hydrogen-bond acceptors (Lipinski definition) is 1. The molecule has 2 heteroatoms. The van der Waals surface area contributed by atoms with Gasteiger partial charge in [0.15, 0.2) is 0 Å². The summed E-state index contributed by atoms with van der Waals surface area (Å²) >= 11 is 0. The maximum Gasteiger partial charge on any atom is 0.0390 e. The molecule has 0 fully saturated rings. The predicted molar refractivity (Wildman–Crippen MR) is 66.1 cm³/mol. The summed E-state index contributed by atoms with van der Waals surface area (Å²) in [5.41, 5.74) is 2.87. The third kappa shape index (κ3) is 2.63. The fourth-order valence-corrected chi connectivity index (χ4v) is 2.04. The van der Waals surface area contributed by atoms with Crippen LogP contribution in [-0.2, 0) is 13.1 Å². The predicted octanol–water partition coefficient (Wildman–Crippen LogP) is 3.05. The maximum absolute atomic E-state index is 2.52. The van der Waals surface area contributed by atoms with Crippen LogP contribution in [0.25, 0.3) is 0 Å². The summed E-state index contributed by atoms with van der Waals surface area (Å²) in [6.45, 7) is 14.2. The molecule has 86 valence electrons. The third-order valence-corrected chi connectivity index (χ3v) is 3.00. The van der Waals surface area contributed by atoms with Crippen LogP contribution in [0.3, 0.4) is 0 Å². The van der Waals surface area contributed by atoms with Crippen molar-refractivity contribution in [3.8, 4) is 0 Å². The number of nitrogens with zero attached hydrogens (tertiary/aromatic N) is 2. The quantitative estimate of drug-likeness (QED) is 0.688. The van der Waals surface area contributed by atoms with Crippen LogP contribution in [0.4, 0.5) is 0 Å². The van der Waals surface area contributed by atoms with E-state index in [0.29, 0.717) is 6.04 Å². The van der Waals surface area contributed by atoms with E-state index in [2.05, 4.69) is 42.4 Å². The Morgan fingerprint density at radius 1 is 1.13 bits per heavy atom. The van der Waals surface area contributed by atoms with Gasteiger partial charge in [0.25, 0.3) is 0 Å². The molecular formula is C13H24N2. The van der Waals surface area contributed by atoms with Gasteiger partial charge in [-0.05, 0) is 32.9 Å². The normalized spacial score (nSPS) is 15.9. The van der Waals surface area contributed by atoms with Crippen molar-refractivity contribution in [1.82, 2.24) is 9.47 Å². The molecule has 0 N–H and O–H groups in total. The minimum atomic E-state index is 0.670. The lowest BCUT2D eigenvalue weighted by atomic mass is 10.2.